The van der Waals surface area contributed by atoms with Gasteiger partial charge in [-0.25, -0.2) is 4.79 Å². The second-order valence-electron chi connectivity index (χ2n) is 6.61. The van der Waals surface area contributed by atoms with Gasteiger partial charge in [0.15, 0.2) is 0 Å². The van der Waals surface area contributed by atoms with Gasteiger partial charge in [0.1, 0.15) is 0 Å². The topological polar surface area (TPSA) is 59.1 Å². The van der Waals surface area contributed by atoms with Gasteiger partial charge in [-0.15, -0.1) is 0 Å². The van der Waals surface area contributed by atoms with Crippen LogP contribution in [-0.4, -0.2) is 67.3 Å². The van der Waals surface area contributed by atoms with Crippen LogP contribution in [0.15, 0.2) is 0 Å². The number of carbonyl (C=O) groups is 2. The minimum absolute atomic E-state index is 0.00265. The second-order valence-corrected chi connectivity index (χ2v) is 6.61. The lowest BCUT2D eigenvalue weighted by atomic mass is 10.0. The van der Waals surface area contributed by atoms with Crippen LogP contribution in [0, 0.1) is 11.8 Å². The molecule has 6 heteroatoms. The fourth-order valence-corrected chi connectivity index (χ4v) is 2.94. The Morgan fingerprint density at radius 1 is 1.18 bits per heavy atom. The Kier molecular flexibility index (Phi) is 6.06. The maximum Gasteiger partial charge on any atom is 0.409 e. The van der Waals surface area contributed by atoms with Crippen LogP contribution in [0.1, 0.15) is 33.6 Å². The lowest BCUT2D eigenvalue weighted by Crippen LogP contribution is -2.41. The Balaban J connectivity index is 1.84. The van der Waals surface area contributed by atoms with Crippen molar-refractivity contribution in [3.05, 3.63) is 0 Å². The molecule has 0 spiro atoms. The fourth-order valence-electron chi connectivity index (χ4n) is 2.94. The normalized spacial score (nSPS) is 26.2. The van der Waals surface area contributed by atoms with E-state index in [1.165, 1.54) is 0 Å². The lowest BCUT2D eigenvalue weighted by molar-refractivity contribution is -0.136. The molecule has 0 radical (unpaired) electrons. The lowest BCUT2D eigenvalue weighted by Gasteiger charge is -2.25. The molecule has 0 aromatic carbocycles. The largest absolute Gasteiger partial charge is 0.449 e. The summed E-state index contributed by atoms with van der Waals surface area (Å²) in [4.78, 5) is 28.2. The van der Waals surface area contributed by atoms with E-state index >= 15 is 0 Å². The first-order chi connectivity index (χ1) is 10.5. The van der Waals surface area contributed by atoms with Gasteiger partial charge in [-0.2, -0.15) is 0 Å². The van der Waals surface area contributed by atoms with Crippen LogP contribution < -0.4 is 0 Å². The van der Waals surface area contributed by atoms with Crippen LogP contribution in [0.25, 0.3) is 0 Å². The monoisotopic (exact) mass is 312 g/mol. The van der Waals surface area contributed by atoms with Crippen LogP contribution in [0.2, 0.25) is 0 Å². The van der Waals surface area contributed by atoms with Gasteiger partial charge in [0.2, 0.25) is 5.91 Å². The number of rotatable bonds is 3. The van der Waals surface area contributed by atoms with Crippen LogP contribution in [-0.2, 0) is 14.3 Å². The van der Waals surface area contributed by atoms with Gasteiger partial charge < -0.3 is 19.3 Å². The summed E-state index contributed by atoms with van der Waals surface area (Å²) in [6, 6.07) is 0. The molecule has 2 aliphatic rings. The molecule has 2 rings (SSSR count). The number of carbonyl (C=O) groups excluding carboxylic acids is 2. The van der Waals surface area contributed by atoms with E-state index in [1.54, 1.807) is 4.90 Å². The minimum Gasteiger partial charge on any atom is -0.449 e. The van der Waals surface area contributed by atoms with Gasteiger partial charge in [-0.3, -0.25) is 4.79 Å². The summed E-state index contributed by atoms with van der Waals surface area (Å²) >= 11 is 0. The standard InChI is InChI=1S/C16H28N2O4/c1-12(2)11-22-16(20)18-7-4-6-17(8-9-18)15(19)14-5-10-21-13(14)3/h12-14H,4-11H2,1-3H3/t13-,14-/m0/s1. The smallest absolute Gasteiger partial charge is 0.409 e. The zero-order valence-corrected chi connectivity index (χ0v) is 13.9. The zero-order chi connectivity index (χ0) is 16.1. The first-order valence-corrected chi connectivity index (χ1v) is 8.31. The average Bonchev–Trinajstić information content (AvgIpc) is 2.76. The van der Waals surface area contributed by atoms with E-state index in [2.05, 4.69) is 0 Å². The maximum atomic E-state index is 12.6. The third-order valence-electron chi connectivity index (χ3n) is 4.30. The van der Waals surface area contributed by atoms with Crippen molar-refractivity contribution in [1.29, 1.82) is 0 Å². The van der Waals surface area contributed by atoms with Crippen LogP contribution >= 0.6 is 0 Å². The van der Waals surface area contributed by atoms with Gasteiger partial charge in [-0.05, 0) is 25.7 Å². The molecule has 2 saturated heterocycles. The molecule has 2 fully saturated rings. The second kappa shape index (κ2) is 7.81. The molecular formula is C16H28N2O4. The van der Waals surface area contributed by atoms with Crippen molar-refractivity contribution in [2.75, 3.05) is 39.4 Å². The Hall–Kier alpha value is -1.30. The van der Waals surface area contributed by atoms with Crippen LogP contribution in [0.4, 0.5) is 4.79 Å². The van der Waals surface area contributed by atoms with Gasteiger partial charge in [0, 0.05) is 32.8 Å². The van der Waals surface area contributed by atoms with Crippen molar-refractivity contribution in [2.24, 2.45) is 11.8 Å². The first kappa shape index (κ1) is 17.1. The molecule has 0 saturated carbocycles. The maximum absolute atomic E-state index is 12.6. The van der Waals surface area contributed by atoms with Crippen molar-refractivity contribution >= 4 is 12.0 Å². The Morgan fingerprint density at radius 2 is 1.86 bits per heavy atom. The van der Waals surface area contributed by atoms with Crippen LogP contribution in [0.5, 0.6) is 0 Å². The molecule has 0 N–H and O–H groups in total. The number of ether oxygens (including phenoxy) is 2. The van der Waals surface area contributed by atoms with Gasteiger partial charge in [-0.1, -0.05) is 13.8 Å². The summed E-state index contributed by atoms with van der Waals surface area (Å²) in [5, 5.41) is 0. The summed E-state index contributed by atoms with van der Waals surface area (Å²) in [6.07, 6.45) is 1.34. The number of nitrogens with zero attached hydrogens (tertiary/aromatic N) is 2. The molecular weight excluding hydrogens is 284 g/mol. The van der Waals surface area contributed by atoms with E-state index in [1.807, 2.05) is 25.7 Å². The highest BCUT2D eigenvalue weighted by Crippen LogP contribution is 2.23. The predicted molar refractivity (Wildman–Crippen MR) is 82.5 cm³/mol. The quantitative estimate of drug-likeness (QED) is 0.796. The van der Waals surface area contributed by atoms with Gasteiger partial charge >= 0.3 is 6.09 Å². The number of hydrogen-bond acceptors (Lipinski definition) is 4. The van der Waals surface area contributed by atoms with Crippen molar-refractivity contribution in [1.82, 2.24) is 9.80 Å². The SMILES string of the molecule is CC(C)COC(=O)N1CCCN(C(=O)[C@H]2CCO[C@H]2C)CC1. The predicted octanol–water partition coefficient (Wildman–Crippen LogP) is 1.74. The van der Waals surface area contributed by atoms with E-state index < -0.39 is 0 Å². The van der Waals surface area contributed by atoms with Crippen molar-refractivity contribution in [3.63, 3.8) is 0 Å². The number of amides is 2. The van der Waals surface area contributed by atoms with E-state index in [4.69, 9.17) is 9.47 Å². The zero-order valence-electron chi connectivity index (χ0n) is 13.9. The molecule has 0 aromatic rings. The Morgan fingerprint density at radius 3 is 2.50 bits per heavy atom. The molecule has 2 amide bonds. The molecule has 2 aliphatic heterocycles. The van der Waals surface area contributed by atoms with Crippen molar-refractivity contribution < 1.29 is 19.1 Å². The number of hydrogen-bond donors (Lipinski definition) is 0. The van der Waals surface area contributed by atoms with E-state index in [0.717, 1.165) is 12.8 Å². The Bertz CT molecular complexity index is 400. The molecule has 126 valence electrons. The summed E-state index contributed by atoms with van der Waals surface area (Å²) in [5.74, 6) is 0.472. The summed E-state index contributed by atoms with van der Waals surface area (Å²) in [6.45, 7) is 9.58. The molecule has 0 aliphatic carbocycles. The first-order valence-electron chi connectivity index (χ1n) is 8.31. The molecule has 6 nitrogen and oxygen atoms in total. The molecule has 0 unspecified atom stereocenters. The molecule has 2 heterocycles. The molecule has 0 bridgehead atoms. The third-order valence-corrected chi connectivity index (χ3v) is 4.30. The molecule has 0 aromatic heterocycles. The average molecular weight is 312 g/mol. The summed E-state index contributed by atoms with van der Waals surface area (Å²) in [5.41, 5.74) is 0. The highest BCUT2D eigenvalue weighted by molar-refractivity contribution is 5.80. The third kappa shape index (κ3) is 4.35. The van der Waals surface area contributed by atoms with Crippen LogP contribution in [0.3, 0.4) is 0 Å². The fraction of sp³-hybridized carbons (Fsp3) is 0.875. The highest BCUT2D eigenvalue weighted by atomic mass is 16.6. The minimum atomic E-state index is -0.263. The van der Waals surface area contributed by atoms with Crippen molar-refractivity contribution in [2.45, 2.75) is 39.7 Å². The van der Waals surface area contributed by atoms with E-state index in [-0.39, 0.29) is 24.0 Å². The summed E-state index contributed by atoms with van der Waals surface area (Å²) in [7, 11) is 0. The van der Waals surface area contributed by atoms with E-state index in [0.29, 0.717) is 45.3 Å². The van der Waals surface area contributed by atoms with Gasteiger partial charge in [0.05, 0.1) is 18.6 Å². The Labute approximate surface area is 132 Å². The molecule has 2 atom stereocenters. The molecule has 22 heavy (non-hydrogen) atoms. The van der Waals surface area contributed by atoms with Crippen molar-refractivity contribution in [3.8, 4) is 0 Å². The summed E-state index contributed by atoms with van der Waals surface area (Å²) < 4.78 is 10.8. The highest BCUT2D eigenvalue weighted by Gasteiger charge is 2.34. The van der Waals surface area contributed by atoms with E-state index in [9.17, 15) is 9.59 Å². The van der Waals surface area contributed by atoms with Gasteiger partial charge in [0.25, 0.3) is 0 Å².